The molecular weight excluding hydrogens is 302 g/mol. The van der Waals surface area contributed by atoms with E-state index in [1.165, 1.54) is 18.3 Å². The summed E-state index contributed by atoms with van der Waals surface area (Å²) in [5, 5.41) is 24.3. The zero-order valence-electron chi connectivity index (χ0n) is 11.4. The highest BCUT2D eigenvalue weighted by Crippen LogP contribution is 2.17. The minimum absolute atomic E-state index is 0.0253. The van der Waals surface area contributed by atoms with Crippen LogP contribution in [0.25, 0.3) is 0 Å². The van der Waals surface area contributed by atoms with Crippen LogP contribution < -0.4 is 10.6 Å². The average molecular weight is 314 g/mol. The van der Waals surface area contributed by atoms with Gasteiger partial charge in [0.25, 0.3) is 5.91 Å². The highest BCUT2D eigenvalue weighted by atomic mass is 35.5. The van der Waals surface area contributed by atoms with Crippen molar-refractivity contribution < 1.29 is 9.90 Å². The van der Waals surface area contributed by atoms with E-state index >= 15 is 0 Å². The molecule has 0 spiro atoms. The van der Waals surface area contributed by atoms with Crippen molar-refractivity contribution in [1.29, 1.82) is 5.26 Å². The number of anilines is 2. The zero-order chi connectivity index (χ0) is 15.9. The van der Waals surface area contributed by atoms with E-state index < -0.39 is 5.91 Å². The Morgan fingerprint density at radius 1 is 1.18 bits per heavy atom. The molecule has 0 atom stereocenters. The molecule has 2 aromatic rings. The van der Waals surface area contributed by atoms with Crippen molar-refractivity contribution in [2.24, 2.45) is 0 Å². The van der Waals surface area contributed by atoms with Crippen molar-refractivity contribution in [3.63, 3.8) is 0 Å². The SMILES string of the molecule is N#C/C(=C/Nc1cccc(Cl)c1)C(=O)Nc1cccc(O)c1. The second-order valence-electron chi connectivity index (χ2n) is 4.33. The van der Waals surface area contributed by atoms with E-state index in [0.29, 0.717) is 16.4 Å². The Balaban J connectivity index is 2.09. The first-order chi connectivity index (χ1) is 10.6. The third-order valence-corrected chi connectivity index (χ3v) is 2.91. The first kappa shape index (κ1) is 15.4. The standard InChI is InChI=1S/C16H12ClN3O2/c17-12-3-1-4-13(7-12)19-10-11(9-18)16(22)20-14-5-2-6-15(21)8-14/h1-8,10,19,21H,(H,20,22)/b11-10-. The number of nitrogens with one attached hydrogen (secondary N) is 2. The first-order valence-corrected chi connectivity index (χ1v) is 6.69. The number of nitriles is 1. The minimum atomic E-state index is -0.581. The van der Waals surface area contributed by atoms with E-state index in [0.717, 1.165) is 0 Å². The Labute approximate surface area is 132 Å². The van der Waals surface area contributed by atoms with Crippen molar-refractivity contribution >= 4 is 28.9 Å². The summed E-state index contributed by atoms with van der Waals surface area (Å²) in [5.41, 5.74) is 0.947. The van der Waals surface area contributed by atoms with Gasteiger partial charge in [-0.3, -0.25) is 4.79 Å². The molecule has 0 radical (unpaired) electrons. The molecule has 0 aliphatic rings. The molecule has 0 aromatic heterocycles. The Kier molecular flexibility index (Phi) is 5.02. The highest BCUT2D eigenvalue weighted by Gasteiger charge is 2.09. The van der Waals surface area contributed by atoms with Gasteiger partial charge in [0.2, 0.25) is 0 Å². The number of carbonyl (C=O) groups excluding carboxylic acids is 1. The van der Waals surface area contributed by atoms with Crippen LogP contribution in [-0.4, -0.2) is 11.0 Å². The van der Waals surface area contributed by atoms with E-state index in [1.54, 1.807) is 36.4 Å². The highest BCUT2D eigenvalue weighted by molar-refractivity contribution is 6.30. The summed E-state index contributed by atoms with van der Waals surface area (Å²) >= 11 is 5.85. The number of phenols is 1. The van der Waals surface area contributed by atoms with Crippen molar-refractivity contribution in [2.75, 3.05) is 10.6 Å². The van der Waals surface area contributed by atoms with Crippen LogP contribution in [0.4, 0.5) is 11.4 Å². The monoisotopic (exact) mass is 313 g/mol. The molecule has 0 saturated carbocycles. The number of halogens is 1. The summed E-state index contributed by atoms with van der Waals surface area (Å²) in [4.78, 5) is 12.0. The van der Waals surface area contributed by atoms with Gasteiger partial charge in [-0.25, -0.2) is 0 Å². The summed E-state index contributed by atoms with van der Waals surface area (Å²) in [7, 11) is 0. The summed E-state index contributed by atoms with van der Waals surface area (Å²) in [6.07, 6.45) is 1.30. The maximum atomic E-state index is 12.0. The van der Waals surface area contributed by atoms with Crippen molar-refractivity contribution in [3.05, 3.63) is 65.3 Å². The number of hydrogen-bond acceptors (Lipinski definition) is 4. The minimum Gasteiger partial charge on any atom is -0.508 e. The van der Waals surface area contributed by atoms with E-state index in [9.17, 15) is 9.90 Å². The van der Waals surface area contributed by atoms with Crippen LogP contribution in [0.3, 0.4) is 0 Å². The average Bonchev–Trinajstić information content (AvgIpc) is 2.48. The van der Waals surface area contributed by atoms with Gasteiger partial charge in [0.05, 0.1) is 0 Å². The summed E-state index contributed by atoms with van der Waals surface area (Å²) in [5.74, 6) is -0.556. The lowest BCUT2D eigenvalue weighted by molar-refractivity contribution is -0.112. The van der Waals surface area contributed by atoms with Gasteiger partial charge in [-0.2, -0.15) is 5.26 Å². The van der Waals surface area contributed by atoms with Gasteiger partial charge in [0, 0.05) is 28.7 Å². The van der Waals surface area contributed by atoms with Crippen molar-refractivity contribution in [3.8, 4) is 11.8 Å². The molecule has 3 N–H and O–H groups in total. The van der Waals surface area contributed by atoms with E-state index in [1.807, 2.05) is 6.07 Å². The van der Waals surface area contributed by atoms with Crippen LogP contribution in [0.2, 0.25) is 5.02 Å². The summed E-state index contributed by atoms with van der Waals surface area (Å²) < 4.78 is 0. The second-order valence-corrected chi connectivity index (χ2v) is 4.77. The summed E-state index contributed by atoms with van der Waals surface area (Å²) in [6, 6.07) is 14.8. The van der Waals surface area contributed by atoms with E-state index in [-0.39, 0.29) is 11.3 Å². The third kappa shape index (κ3) is 4.27. The van der Waals surface area contributed by atoms with Crippen molar-refractivity contribution in [1.82, 2.24) is 0 Å². The third-order valence-electron chi connectivity index (χ3n) is 2.68. The number of nitrogens with zero attached hydrogens (tertiary/aromatic N) is 1. The zero-order valence-corrected chi connectivity index (χ0v) is 12.1. The van der Waals surface area contributed by atoms with Crippen LogP contribution in [-0.2, 0) is 4.79 Å². The second kappa shape index (κ2) is 7.16. The smallest absolute Gasteiger partial charge is 0.267 e. The molecular formula is C16H12ClN3O2. The fraction of sp³-hybridized carbons (Fsp3) is 0. The molecule has 0 saturated heterocycles. The molecule has 1 amide bonds. The van der Waals surface area contributed by atoms with Crippen molar-refractivity contribution in [2.45, 2.75) is 0 Å². The van der Waals surface area contributed by atoms with E-state index in [4.69, 9.17) is 16.9 Å². The predicted molar refractivity (Wildman–Crippen MR) is 85.5 cm³/mol. The topological polar surface area (TPSA) is 85.2 Å². The van der Waals surface area contributed by atoms with Gasteiger partial charge in [-0.05, 0) is 30.3 Å². The molecule has 2 aromatic carbocycles. The number of hydrogen-bond donors (Lipinski definition) is 3. The number of rotatable bonds is 4. The number of amides is 1. The fourth-order valence-corrected chi connectivity index (χ4v) is 1.85. The molecule has 0 unspecified atom stereocenters. The molecule has 6 heteroatoms. The number of aromatic hydroxyl groups is 1. The largest absolute Gasteiger partial charge is 0.508 e. The number of carbonyl (C=O) groups is 1. The molecule has 2 rings (SSSR count). The molecule has 0 aliphatic carbocycles. The molecule has 5 nitrogen and oxygen atoms in total. The lowest BCUT2D eigenvalue weighted by Crippen LogP contribution is -2.14. The van der Waals surface area contributed by atoms with Crippen LogP contribution >= 0.6 is 11.6 Å². The first-order valence-electron chi connectivity index (χ1n) is 6.31. The molecule has 0 heterocycles. The lowest BCUT2D eigenvalue weighted by atomic mass is 10.2. The van der Waals surface area contributed by atoms with Crippen LogP contribution in [0.1, 0.15) is 0 Å². The molecule has 0 fully saturated rings. The molecule has 22 heavy (non-hydrogen) atoms. The maximum absolute atomic E-state index is 12.0. The van der Waals surface area contributed by atoms with Gasteiger partial charge < -0.3 is 15.7 Å². The van der Waals surface area contributed by atoms with Gasteiger partial charge >= 0.3 is 0 Å². The maximum Gasteiger partial charge on any atom is 0.267 e. The van der Waals surface area contributed by atoms with Crippen LogP contribution in [0.5, 0.6) is 5.75 Å². The Bertz CT molecular complexity index is 766. The predicted octanol–water partition coefficient (Wildman–Crippen LogP) is 3.50. The van der Waals surface area contributed by atoms with Gasteiger partial charge in [-0.15, -0.1) is 0 Å². The Hall–Kier alpha value is -2.97. The van der Waals surface area contributed by atoms with Crippen LogP contribution in [0, 0.1) is 11.3 Å². The molecule has 110 valence electrons. The lowest BCUT2D eigenvalue weighted by Gasteiger charge is -2.05. The number of benzene rings is 2. The normalized spacial score (nSPS) is 10.6. The van der Waals surface area contributed by atoms with Crippen LogP contribution in [0.15, 0.2) is 60.3 Å². The van der Waals surface area contributed by atoms with Gasteiger partial charge in [0.15, 0.2) is 0 Å². The fourth-order valence-electron chi connectivity index (χ4n) is 1.66. The summed E-state index contributed by atoms with van der Waals surface area (Å²) in [6.45, 7) is 0. The van der Waals surface area contributed by atoms with E-state index in [2.05, 4.69) is 10.6 Å². The quantitative estimate of drug-likeness (QED) is 0.595. The Morgan fingerprint density at radius 2 is 1.91 bits per heavy atom. The van der Waals surface area contributed by atoms with Gasteiger partial charge in [0.1, 0.15) is 17.4 Å². The molecule has 0 bridgehead atoms. The number of phenolic OH excluding ortho intramolecular Hbond substituents is 1. The molecule has 0 aliphatic heterocycles. The Morgan fingerprint density at radius 3 is 2.59 bits per heavy atom. The van der Waals surface area contributed by atoms with Gasteiger partial charge in [-0.1, -0.05) is 23.7 Å².